The van der Waals surface area contributed by atoms with Gasteiger partial charge < -0.3 is 48.1 Å². The van der Waals surface area contributed by atoms with Gasteiger partial charge in [-0.15, -0.1) is 0 Å². The summed E-state index contributed by atoms with van der Waals surface area (Å²) >= 11 is 3.18. The SMILES string of the molecule is CC(=O)OCC1O[C@H](O)C(OC(C)=O)[C@@H](OC(C)=O)[C@@H]1O[C@H]1OC(CBr)[C@@H](O)[C@H](OC(C)=O)C1OC(C)=O. The normalized spacial score (nSPS) is 34.9. The summed E-state index contributed by atoms with van der Waals surface area (Å²) in [6, 6.07) is 0. The molecule has 15 nitrogen and oxygen atoms in total. The number of hydrogen-bond donors (Lipinski definition) is 2. The van der Waals surface area contributed by atoms with Gasteiger partial charge in [0, 0.05) is 39.9 Å². The van der Waals surface area contributed by atoms with E-state index in [0.29, 0.717) is 0 Å². The first kappa shape index (κ1) is 31.8. The van der Waals surface area contributed by atoms with Gasteiger partial charge in [-0.25, -0.2) is 0 Å². The van der Waals surface area contributed by atoms with E-state index >= 15 is 0 Å². The van der Waals surface area contributed by atoms with E-state index in [1.807, 2.05) is 0 Å². The van der Waals surface area contributed by atoms with Crippen LogP contribution in [0.3, 0.4) is 0 Å². The van der Waals surface area contributed by atoms with Crippen molar-refractivity contribution >= 4 is 45.8 Å². The number of esters is 5. The predicted octanol–water partition coefficient (Wildman–Crippen LogP) is -1.14. The van der Waals surface area contributed by atoms with E-state index in [0.717, 1.165) is 34.6 Å². The molecule has 0 aromatic rings. The van der Waals surface area contributed by atoms with E-state index in [4.69, 9.17) is 37.9 Å². The molecule has 2 N–H and O–H groups in total. The molecule has 0 aromatic carbocycles. The zero-order valence-electron chi connectivity index (χ0n) is 21.3. The average molecular weight is 615 g/mol. The Bertz CT molecular complexity index is 881. The van der Waals surface area contributed by atoms with Crippen LogP contribution in [-0.2, 0) is 61.9 Å². The maximum Gasteiger partial charge on any atom is 0.303 e. The zero-order chi connectivity index (χ0) is 28.7. The molecular weight excluding hydrogens is 584 g/mol. The van der Waals surface area contributed by atoms with Crippen LogP contribution < -0.4 is 0 Å². The average Bonchev–Trinajstić information content (AvgIpc) is 2.79. The van der Waals surface area contributed by atoms with Crippen molar-refractivity contribution in [3.05, 3.63) is 0 Å². The molecule has 16 heteroatoms. The van der Waals surface area contributed by atoms with Crippen molar-refractivity contribution in [3.8, 4) is 0 Å². The molecule has 0 aromatic heterocycles. The minimum absolute atomic E-state index is 0.0266. The number of alkyl halides is 1. The third kappa shape index (κ3) is 8.57. The molecule has 0 amide bonds. The number of hydrogen-bond acceptors (Lipinski definition) is 15. The summed E-state index contributed by atoms with van der Waals surface area (Å²) in [6.07, 6.45) is -14.8. The molecular formula is C22H31BrO15. The van der Waals surface area contributed by atoms with Crippen molar-refractivity contribution in [2.75, 3.05) is 11.9 Å². The van der Waals surface area contributed by atoms with E-state index in [9.17, 15) is 34.2 Å². The van der Waals surface area contributed by atoms with Crippen molar-refractivity contribution in [1.29, 1.82) is 0 Å². The highest BCUT2D eigenvalue weighted by molar-refractivity contribution is 9.09. The van der Waals surface area contributed by atoms with Crippen LogP contribution in [0.4, 0.5) is 0 Å². The lowest BCUT2D eigenvalue weighted by Gasteiger charge is -2.47. The van der Waals surface area contributed by atoms with Crippen molar-refractivity contribution in [1.82, 2.24) is 0 Å². The Morgan fingerprint density at radius 3 is 1.66 bits per heavy atom. The summed E-state index contributed by atoms with van der Waals surface area (Å²) < 4.78 is 43.2. The first-order valence-corrected chi connectivity index (χ1v) is 12.6. The van der Waals surface area contributed by atoms with Crippen LogP contribution in [0.25, 0.3) is 0 Å². The standard InChI is InChI=1S/C22H31BrO15/c1-8(24)31-7-14-16(18(33-10(3)26)19(21(30)36-14)34-11(4)27)38-22-20(35-12(5)28)17(32-9(2)25)15(29)13(6-23)37-22/h13-22,29-30H,6-7H2,1-5H3/t13?,14?,15-,16-,17+,18+,19?,20?,21+,22-/m1/s1. The third-order valence-corrected chi connectivity index (χ3v) is 5.97. The molecule has 4 unspecified atom stereocenters. The Hall–Kier alpha value is -2.37. The summed E-state index contributed by atoms with van der Waals surface area (Å²) in [5.74, 6) is -4.05. The molecule has 0 radical (unpaired) electrons. The molecule has 38 heavy (non-hydrogen) atoms. The molecule has 216 valence electrons. The summed E-state index contributed by atoms with van der Waals surface area (Å²) in [4.78, 5) is 58.8. The lowest BCUT2D eigenvalue weighted by molar-refractivity contribution is -0.353. The van der Waals surface area contributed by atoms with Gasteiger partial charge >= 0.3 is 29.8 Å². The maximum atomic E-state index is 12.0. The monoisotopic (exact) mass is 614 g/mol. The molecule has 2 rings (SSSR count). The van der Waals surface area contributed by atoms with Crippen molar-refractivity contribution in [2.24, 2.45) is 0 Å². The minimum Gasteiger partial charge on any atom is -0.463 e. The molecule has 0 bridgehead atoms. The second-order valence-corrected chi connectivity index (χ2v) is 9.10. The lowest BCUT2D eigenvalue weighted by atomic mass is 9.96. The Morgan fingerprint density at radius 2 is 1.16 bits per heavy atom. The first-order valence-electron chi connectivity index (χ1n) is 11.5. The summed E-state index contributed by atoms with van der Waals surface area (Å²) in [6.45, 7) is 4.85. The fraction of sp³-hybridized carbons (Fsp3) is 0.773. The van der Waals surface area contributed by atoms with E-state index in [1.165, 1.54) is 0 Å². The van der Waals surface area contributed by atoms with Crippen molar-refractivity contribution in [3.63, 3.8) is 0 Å². The van der Waals surface area contributed by atoms with Crippen LogP contribution >= 0.6 is 15.9 Å². The highest BCUT2D eigenvalue weighted by Gasteiger charge is 2.55. The topological polar surface area (TPSA) is 200 Å². The molecule has 10 atom stereocenters. The largest absolute Gasteiger partial charge is 0.463 e. The van der Waals surface area contributed by atoms with E-state index in [1.54, 1.807) is 0 Å². The van der Waals surface area contributed by atoms with E-state index < -0.39 is 97.9 Å². The van der Waals surface area contributed by atoms with Gasteiger partial charge in [0.25, 0.3) is 0 Å². The van der Waals surface area contributed by atoms with Crippen molar-refractivity contribution < 1.29 is 72.1 Å². The Morgan fingerprint density at radius 1 is 0.658 bits per heavy atom. The van der Waals surface area contributed by atoms with Crippen LogP contribution in [-0.4, -0.2) is 113 Å². The van der Waals surface area contributed by atoms with Gasteiger partial charge in [-0.05, 0) is 0 Å². The van der Waals surface area contributed by atoms with Crippen LogP contribution in [0.2, 0.25) is 0 Å². The van der Waals surface area contributed by atoms with Gasteiger partial charge in [-0.1, -0.05) is 15.9 Å². The fourth-order valence-electron chi connectivity index (χ4n) is 3.96. The van der Waals surface area contributed by atoms with Gasteiger partial charge in [0.15, 0.2) is 37.0 Å². The van der Waals surface area contributed by atoms with Crippen LogP contribution in [0.5, 0.6) is 0 Å². The van der Waals surface area contributed by atoms with Crippen LogP contribution in [0, 0.1) is 0 Å². The van der Waals surface area contributed by atoms with Gasteiger partial charge in [-0.2, -0.15) is 0 Å². The molecule has 2 fully saturated rings. The number of aliphatic hydroxyl groups excluding tert-OH is 2. The lowest BCUT2D eigenvalue weighted by Crippen LogP contribution is -2.66. The first-order chi connectivity index (χ1) is 17.7. The second-order valence-electron chi connectivity index (χ2n) is 8.45. The van der Waals surface area contributed by atoms with Crippen LogP contribution in [0.1, 0.15) is 34.6 Å². The van der Waals surface area contributed by atoms with E-state index in [-0.39, 0.29) is 5.33 Å². The van der Waals surface area contributed by atoms with Crippen LogP contribution in [0.15, 0.2) is 0 Å². The van der Waals surface area contributed by atoms with E-state index in [2.05, 4.69) is 15.9 Å². The highest BCUT2D eigenvalue weighted by atomic mass is 79.9. The number of halogens is 1. The molecule has 2 aliphatic rings. The predicted molar refractivity (Wildman–Crippen MR) is 123 cm³/mol. The minimum atomic E-state index is -1.83. The Balaban J connectivity index is 2.54. The van der Waals surface area contributed by atoms with Gasteiger partial charge in [0.2, 0.25) is 0 Å². The Labute approximate surface area is 226 Å². The highest BCUT2D eigenvalue weighted by Crippen LogP contribution is 2.34. The molecule has 2 saturated heterocycles. The zero-order valence-corrected chi connectivity index (χ0v) is 22.9. The second kappa shape index (κ2) is 14.1. The van der Waals surface area contributed by atoms with Gasteiger partial charge in [0.05, 0.1) is 0 Å². The van der Waals surface area contributed by atoms with Crippen molar-refractivity contribution in [2.45, 2.75) is 96.0 Å². The quantitative estimate of drug-likeness (QED) is 0.179. The molecule has 2 heterocycles. The summed E-state index contributed by atoms with van der Waals surface area (Å²) in [5, 5.41) is 21.2. The third-order valence-electron chi connectivity index (χ3n) is 5.33. The fourth-order valence-corrected chi connectivity index (χ4v) is 4.50. The van der Waals surface area contributed by atoms with Gasteiger partial charge in [0.1, 0.15) is 31.0 Å². The number of rotatable bonds is 9. The molecule has 0 spiro atoms. The van der Waals surface area contributed by atoms with Gasteiger partial charge in [-0.3, -0.25) is 24.0 Å². The molecule has 2 aliphatic heterocycles. The maximum absolute atomic E-state index is 12.0. The summed E-state index contributed by atoms with van der Waals surface area (Å²) in [7, 11) is 0. The summed E-state index contributed by atoms with van der Waals surface area (Å²) in [5.41, 5.74) is 0. The number of carbonyl (C=O) groups is 5. The number of ether oxygens (including phenoxy) is 8. The molecule has 0 saturated carbocycles. The number of carbonyl (C=O) groups excluding carboxylic acids is 5. The number of aliphatic hydroxyl groups is 2. The molecule has 0 aliphatic carbocycles. The smallest absolute Gasteiger partial charge is 0.303 e. The Kier molecular flexibility index (Phi) is 11.8.